The van der Waals surface area contributed by atoms with Gasteiger partial charge in [0.25, 0.3) is 0 Å². The predicted molar refractivity (Wildman–Crippen MR) is 85.0 cm³/mol. The Kier molecular flexibility index (Phi) is 5.88. The molecule has 2 rings (SSSR count). The molecule has 0 amide bonds. The van der Waals surface area contributed by atoms with E-state index in [0.29, 0.717) is 5.41 Å². The molecular formula is C17H34N2O. The van der Waals surface area contributed by atoms with Crippen molar-refractivity contribution in [1.29, 1.82) is 0 Å². The third-order valence-corrected chi connectivity index (χ3v) is 5.23. The number of nitrogens with zero attached hydrogens (tertiary/aromatic N) is 1. The van der Waals surface area contributed by atoms with Gasteiger partial charge >= 0.3 is 0 Å². The molecule has 0 saturated carbocycles. The van der Waals surface area contributed by atoms with Crippen LogP contribution < -0.4 is 5.32 Å². The van der Waals surface area contributed by atoms with E-state index in [1.165, 1.54) is 32.5 Å². The van der Waals surface area contributed by atoms with E-state index in [1.807, 2.05) is 0 Å². The number of hydrogen-bond acceptors (Lipinski definition) is 3. The van der Waals surface area contributed by atoms with Gasteiger partial charge in [-0.2, -0.15) is 0 Å². The number of hydrogen-bond donors (Lipinski definition) is 1. The van der Waals surface area contributed by atoms with Gasteiger partial charge in [-0.15, -0.1) is 0 Å². The minimum Gasteiger partial charge on any atom is -0.381 e. The summed E-state index contributed by atoms with van der Waals surface area (Å²) >= 11 is 0. The van der Waals surface area contributed by atoms with Crippen molar-refractivity contribution in [3.8, 4) is 0 Å². The first-order valence-electron chi connectivity index (χ1n) is 8.51. The molecule has 3 heteroatoms. The van der Waals surface area contributed by atoms with Crippen LogP contribution in [0, 0.1) is 23.2 Å². The molecule has 0 aliphatic carbocycles. The van der Waals surface area contributed by atoms with Crippen LogP contribution in [0.2, 0.25) is 0 Å². The van der Waals surface area contributed by atoms with E-state index in [2.05, 4.69) is 37.9 Å². The maximum absolute atomic E-state index is 5.61. The summed E-state index contributed by atoms with van der Waals surface area (Å²) in [5, 5.41) is 3.71. The summed E-state index contributed by atoms with van der Waals surface area (Å²) in [6.07, 6.45) is 2.44. The highest BCUT2D eigenvalue weighted by Crippen LogP contribution is 2.33. The average molecular weight is 282 g/mol. The molecule has 0 bridgehead atoms. The largest absolute Gasteiger partial charge is 0.381 e. The molecule has 2 aliphatic heterocycles. The van der Waals surface area contributed by atoms with Crippen molar-refractivity contribution in [1.82, 2.24) is 10.2 Å². The Hall–Kier alpha value is -0.120. The third-order valence-electron chi connectivity index (χ3n) is 5.23. The van der Waals surface area contributed by atoms with Gasteiger partial charge in [0.2, 0.25) is 0 Å². The van der Waals surface area contributed by atoms with Gasteiger partial charge in [0, 0.05) is 39.4 Å². The quantitative estimate of drug-likeness (QED) is 0.810. The molecule has 2 fully saturated rings. The third kappa shape index (κ3) is 4.44. The molecule has 0 spiro atoms. The van der Waals surface area contributed by atoms with Gasteiger partial charge < -0.3 is 15.0 Å². The summed E-state index contributed by atoms with van der Waals surface area (Å²) in [5.41, 5.74) is 0.441. The highest BCUT2D eigenvalue weighted by Gasteiger charge is 2.37. The first-order valence-corrected chi connectivity index (χ1v) is 8.51. The second kappa shape index (κ2) is 7.24. The van der Waals surface area contributed by atoms with Gasteiger partial charge in [-0.25, -0.2) is 0 Å². The second-order valence-electron chi connectivity index (χ2n) is 7.79. The van der Waals surface area contributed by atoms with Crippen LogP contribution in [0.15, 0.2) is 0 Å². The summed E-state index contributed by atoms with van der Waals surface area (Å²) < 4.78 is 5.61. The Labute approximate surface area is 125 Å². The zero-order valence-electron chi connectivity index (χ0n) is 14.0. The zero-order chi connectivity index (χ0) is 14.6. The topological polar surface area (TPSA) is 24.5 Å². The van der Waals surface area contributed by atoms with E-state index in [0.717, 1.165) is 44.1 Å². The fraction of sp³-hybridized carbons (Fsp3) is 1.00. The molecule has 0 radical (unpaired) electrons. The molecule has 2 heterocycles. The van der Waals surface area contributed by atoms with Crippen molar-refractivity contribution >= 4 is 0 Å². The van der Waals surface area contributed by atoms with E-state index in [4.69, 9.17) is 4.74 Å². The van der Waals surface area contributed by atoms with E-state index < -0.39 is 0 Å². The van der Waals surface area contributed by atoms with Crippen molar-refractivity contribution in [2.75, 3.05) is 45.9 Å². The van der Waals surface area contributed by atoms with Gasteiger partial charge in [-0.1, -0.05) is 27.7 Å². The van der Waals surface area contributed by atoms with Gasteiger partial charge in [-0.3, -0.25) is 0 Å². The lowest BCUT2D eigenvalue weighted by Crippen LogP contribution is -2.47. The maximum atomic E-state index is 5.61. The SMILES string of the molecule is CC(C)CNCC1(CN2CC(C)C(C)C2)CCOCC1. The number of likely N-dealkylation sites (tertiary alicyclic amines) is 1. The highest BCUT2D eigenvalue weighted by atomic mass is 16.5. The standard InChI is InChI=1S/C17H34N2O/c1-14(2)9-18-12-17(5-7-20-8-6-17)13-19-10-15(3)16(4)11-19/h14-16,18H,5-13H2,1-4H3. The van der Waals surface area contributed by atoms with Crippen molar-refractivity contribution in [2.45, 2.75) is 40.5 Å². The Bertz CT molecular complexity index is 277. The molecule has 0 aromatic heterocycles. The molecule has 2 aliphatic rings. The van der Waals surface area contributed by atoms with E-state index in [-0.39, 0.29) is 0 Å². The summed E-state index contributed by atoms with van der Waals surface area (Å²) in [6.45, 7) is 17.4. The van der Waals surface area contributed by atoms with Gasteiger partial charge in [-0.05, 0) is 42.6 Å². The fourth-order valence-electron chi connectivity index (χ4n) is 3.67. The summed E-state index contributed by atoms with van der Waals surface area (Å²) in [4.78, 5) is 2.71. The molecule has 1 N–H and O–H groups in total. The van der Waals surface area contributed by atoms with E-state index in [9.17, 15) is 0 Å². The van der Waals surface area contributed by atoms with Crippen LogP contribution in [-0.4, -0.2) is 50.8 Å². The lowest BCUT2D eigenvalue weighted by Gasteiger charge is -2.40. The maximum Gasteiger partial charge on any atom is 0.0472 e. The van der Waals surface area contributed by atoms with Crippen molar-refractivity contribution in [3.63, 3.8) is 0 Å². The summed E-state index contributed by atoms with van der Waals surface area (Å²) in [5.74, 6) is 2.45. The molecule has 2 saturated heterocycles. The van der Waals surface area contributed by atoms with Crippen molar-refractivity contribution in [2.24, 2.45) is 23.2 Å². The zero-order valence-corrected chi connectivity index (χ0v) is 14.0. The minimum atomic E-state index is 0.441. The normalized spacial score (nSPS) is 31.1. The molecule has 2 atom stereocenters. The van der Waals surface area contributed by atoms with Crippen LogP contribution in [0.4, 0.5) is 0 Å². The summed E-state index contributed by atoms with van der Waals surface area (Å²) in [7, 11) is 0. The monoisotopic (exact) mass is 282 g/mol. The van der Waals surface area contributed by atoms with Crippen LogP contribution in [0.25, 0.3) is 0 Å². The van der Waals surface area contributed by atoms with Crippen molar-refractivity contribution < 1.29 is 4.74 Å². The van der Waals surface area contributed by atoms with Gasteiger partial charge in [0.1, 0.15) is 0 Å². The smallest absolute Gasteiger partial charge is 0.0472 e. The average Bonchev–Trinajstić information content (AvgIpc) is 2.68. The van der Waals surface area contributed by atoms with Gasteiger partial charge in [0.15, 0.2) is 0 Å². The predicted octanol–water partition coefficient (Wildman–Crippen LogP) is 2.62. The molecule has 20 heavy (non-hydrogen) atoms. The van der Waals surface area contributed by atoms with Crippen LogP contribution in [0.3, 0.4) is 0 Å². The van der Waals surface area contributed by atoms with Crippen LogP contribution in [-0.2, 0) is 4.74 Å². The van der Waals surface area contributed by atoms with E-state index >= 15 is 0 Å². The number of ether oxygens (including phenoxy) is 1. The van der Waals surface area contributed by atoms with Crippen LogP contribution in [0.5, 0.6) is 0 Å². The summed E-state index contributed by atoms with van der Waals surface area (Å²) in [6, 6.07) is 0. The number of rotatable bonds is 6. The highest BCUT2D eigenvalue weighted by molar-refractivity contribution is 4.90. The van der Waals surface area contributed by atoms with Crippen molar-refractivity contribution in [3.05, 3.63) is 0 Å². The lowest BCUT2D eigenvalue weighted by molar-refractivity contribution is -0.00185. The second-order valence-corrected chi connectivity index (χ2v) is 7.79. The minimum absolute atomic E-state index is 0.441. The Morgan fingerprint density at radius 2 is 1.75 bits per heavy atom. The Morgan fingerprint density at radius 1 is 1.15 bits per heavy atom. The first kappa shape index (κ1) is 16.3. The molecule has 2 unspecified atom stereocenters. The lowest BCUT2D eigenvalue weighted by atomic mass is 9.79. The Morgan fingerprint density at radius 3 is 2.30 bits per heavy atom. The van der Waals surface area contributed by atoms with Gasteiger partial charge in [0.05, 0.1) is 0 Å². The van der Waals surface area contributed by atoms with E-state index in [1.54, 1.807) is 0 Å². The fourth-order valence-corrected chi connectivity index (χ4v) is 3.67. The molecule has 0 aromatic carbocycles. The Balaban J connectivity index is 1.89. The molecule has 118 valence electrons. The molecular weight excluding hydrogens is 248 g/mol. The number of nitrogens with one attached hydrogen (secondary N) is 1. The molecule has 3 nitrogen and oxygen atoms in total. The first-order chi connectivity index (χ1) is 9.51. The van der Waals surface area contributed by atoms with Crippen LogP contribution in [0.1, 0.15) is 40.5 Å². The molecule has 0 aromatic rings. The van der Waals surface area contributed by atoms with Crippen LogP contribution >= 0.6 is 0 Å².